The number of methoxy groups -OCH3 is 1. The summed E-state index contributed by atoms with van der Waals surface area (Å²) in [7, 11) is 1.80. The van der Waals surface area contributed by atoms with Crippen molar-refractivity contribution >= 4 is 11.6 Å². The first-order valence-corrected chi connectivity index (χ1v) is 7.62. The highest BCUT2D eigenvalue weighted by atomic mass is 35.5. The molecule has 17 heavy (non-hydrogen) atoms. The molecule has 1 saturated heterocycles. The maximum Gasteiger partial charge on any atom is 0.123 e. The molecule has 0 amide bonds. The molecule has 0 spiro atoms. The van der Waals surface area contributed by atoms with Crippen molar-refractivity contribution in [3.05, 3.63) is 0 Å². The Balaban J connectivity index is 2.04. The van der Waals surface area contributed by atoms with Crippen molar-refractivity contribution in [3.8, 4) is 0 Å². The predicted octanol–water partition coefficient (Wildman–Crippen LogP) is 3.68. The lowest BCUT2D eigenvalue weighted by Crippen LogP contribution is -2.59. The molecule has 1 N–H and O–H groups in total. The summed E-state index contributed by atoms with van der Waals surface area (Å²) in [5.74, 6) is 0.578. The smallest absolute Gasteiger partial charge is 0.123 e. The van der Waals surface area contributed by atoms with E-state index >= 15 is 0 Å². The van der Waals surface area contributed by atoms with Gasteiger partial charge in [-0.1, -0.05) is 43.7 Å². The second-order valence-electron chi connectivity index (χ2n) is 5.60. The van der Waals surface area contributed by atoms with Crippen LogP contribution in [0, 0.1) is 5.92 Å². The van der Waals surface area contributed by atoms with Gasteiger partial charge in [0.1, 0.15) is 5.00 Å². The van der Waals surface area contributed by atoms with Gasteiger partial charge in [-0.15, -0.1) is 0 Å². The molecule has 2 atom stereocenters. The Labute approximate surface area is 110 Å². The van der Waals surface area contributed by atoms with E-state index in [9.17, 15) is 0 Å². The molecule has 3 heteroatoms. The molecule has 1 aliphatic carbocycles. The van der Waals surface area contributed by atoms with Crippen LogP contribution in [0.2, 0.25) is 0 Å². The van der Waals surface area contributed by atoms with E-state index in [1.807, 2.05) is 0 Å². The van der Waals surface area contributed by atoms with Crippen molar-refractivity contribution in [3.63, 3.8) is 0 Å². The summed E-state index contributed by atoms with van der Waals surface area (Å²) < 4.78 is 5.64. The van der Waals surface area contributed by atoms with Gasteiger partial charge in [0.15, 0.2) is 0 Å². The van der Waals surface area contributed by atoms with E-state index in [2.05, 4.69) is 5.32 Å². The number of piperidine rings is 1. The van der Waals surface area contributed by atoms with Gasteiger partial charge in [0.2, 0.25) is 0 Å². The first-order chi connectivity index (χ1) is 8.27. The molecule has 0 aromatic heterocycles. The van der Waals surface area contributed by atoms with E-state index in [4.69, 9.17) is 16.3 Å². The SMILES string of the molecule is COC1CCCNC1(Cl)C1CCCCCCC1. The predicted molar refractivity (Wildman–Crippen MR) is 72.4 cm³/mol. The highest BCUT2D eigenvalue weighted by molar-refractivity contribution is 6.24. The van der Waals surface area contributed by atoms with Crippen LogP contribution in [0.1, 0.15) is 57.8 Å². The molecule has 0 aromatic carbocycles. The molecule has 2 aliphatic rings. The minimum absolute atomic E-state index is 0.183. The first-order valence-electron chi connectivity index (χ1n) is 7.24. The minimum atomic E-state index is -0.301. The summed E-state index contributed by atoms with van der Waals surface area (Å²) in [5, 5.41) is 3.55. The molecule has 2 unspecified atom stereocenters. The van der Waals surface area contributed by atoms with E-state index in [-0.39, 0.29) is 11.1 Å². The Hall–Kier alpha value is 0.210. The molecule has 0 bridgehead atoms. The van der Waals surface area contributed by atoms with Gasteiger partial charge in [-0.05, 0) is 38.1 Å². The average molecular weight is 260 g/mol. The third kappa shape index (κ3) is 3.15. The maximum atomic E-state index is 6.91. The lowest BCUT2D eigenvalue weighted by molar-refractivity contribution is -0.000331. The van der Waals surface area contributed by atoms with E-state index < -0.39 is 0 Å². The molecule has 0 radical (unpaired) electrons. The Morgan fingerprint density at radius 1 is 1.00 bits per heavy atom. The van der Waals surface area contributed by atoms with E-state index in [1.54, 1.807) is 7.11 Å². The summed E-state index contributed by atoms with van der Waals surface area (Å²) >= 11 is 6.91. The number of alkyl halides is 1. The molecule has 1 aliphatic heterocycles. The van der Waals surface area contributed by atoms with Crippen LogP contribution >= 0.6 is 11.6 Å². The first kappa shape index (κ1) is 13.6. The average Bonchev–Trinajstić information content (AvgIpc) is 2.28. The van der Waals surface area contributed by atoms with Crippen molar-refractivity contribution < 1.29 is 4.74 Å². The number of rotatable bonds is 2. The molecule has 2 fully saturated rings. The molecular weight excluding hydrogens is 234 g/mol. The molecule has 2 nitrogen and oxygen atoms in total. The van der Waals surface area contributed by atoms with E-state index in [1.165, 1.54) is 51.4 Å². The van der Waals surface area contributed by atoms with Gasteiger partial charge >= 0.3 is 0 Å². The van der Waals surface area contributed by atoms with E-state index in [0.717, 1.165) is 13.0 Å². The maximum absolute atomic E-state index is 6.91. The Morgan fingerprint density at radius 3 is 2.29 bits per heavy atom. The number of halogens is 1. The van der Waals surface area contributed by atoms with Crippen LogP contribution in [0.3, 0.4) is 0 Å². The highest BCUT2D eigenvalue weighted by Gasteiger charge is 2.45. The standard InChI is InChI=1S/C14H26ClNO/c1-17-13-10-7-11-16-14(13,15)12-8-5-3-2-4-6-9-12/h12-13,16H,2-11H2,1H3. The highest BCUT2D eigenvalue weighted by Crippen LogP contribution is 2.40. The van der Waals surface area contributed by atoms with Gasteiger partial charge in [0.25, 0.3) is 0 Å². The topological polar surface area (TPSA) is 21.3 Å². The number of hydrogen-bond acceptors (Lipinski definition) is 2. The monoisotopic (exact) mass is 259 g/mol. The lowest BCUT2D eigenvalue weighted by atomic mass is 9.80. The third-order valence-electron chi connectivity index (χ3n) is 4.49. The zero-order valence-electron chi connectivity index (χ0n) is 11.0. The van der Waals surface area contributed by atoms with Crippen molar-refractivity contribution in [1.82, 2.24) is 5.32 Å². The zero-order chi connectivity index (χ0) is 12.1. The van der Waals surface area contributed by atoms with Gasteiger partial charge in [-0.2, -0.15) is 0 Å². The summed E-state index contributed by atoms with van der Waals surface area (Å²) in [6, 6.07) is 0. The number of nitrogens with one attached hydrogen (secondary N) is 1. The van der Waals surface area contributed by atoms with Crippen molar-refractivity contribution in [2.24, 2.45) is 5.92 Å². The van der Waals surface area contributed by atoms with Crippen molar-refractivity contribution in [1.29, 1.82) is 0 Å². The fourth-order valence-electron chi connectivity index (χ4n) is 3.46. The molecule has 0 aromatic rings. The summed E-state index contributed by atoms with van der Waals surface area (Å²) in [6.07, 6.45) is 11.8. The van der Waals surface area contributed by atoms with Crippen LogP contribution < -0.4 is 5.32 Å². The Morgan fingerprint density at radius 2 is 1.65 bits per heavy atom. The molecule has 1 saturated carbocycles. The minimum Gasteiger partial charge on any atom is -0.378 e. The van der Waals surface area contributed by atoms with Crippen molar-refractivity contribution in [2.75, 3.05) is 13.7 Å². The second-order valence-corrected chi connectivity index (χ2v) is 6.23. The van der Waals surface area contributed by atoms with Crippen LogP contribution in [0.15, 0.2) is 0 Å². The van der Waals surface area contributed by atoms with Crippen LogP contribution in [0.5, 0.6) is 0 Å². The zero-order valence-corrected chi connectivity index (χ0v) is 11.8. The van der Waals surface area contributed by atoms with Crippen LogP contribution in [-0.2, 0) is 4.74 Å². The molecule has 100 valence electrons. The summed E-state index contributed by atoms with van der Waals surface area (Å²) in [6.45, 7) is 1.04. The van der Waals surface area contributed by atoms with Gasteiger partial charge in [-0.3, -0.25) is 5.32 Å². The lowest BCUT2D eigenvalue weighted by Gasteiger charge is -2.45. The number of ether oxygens (including phenoxy) is 1. The molecule has 1 heterocycles. The molecule has 2 rings (SSSR count). The molecular formula is C14H26ClNO. The van der Waals surface area contributed by atoms with Gasteiger partial charge in [0, 0.05) is 7.11 Å². The summed E-state index contributed by atoms with van der Waals surface area (Å²) in [4.78, 5) is -0.301. The summed E-state index contributed by atoms with van der Waals surface area (Å²) in [5.41, 5.74) is 0. The van der Waals surface area contributed by atoms with Gasteiger partial charge in [0.05, 0.1) is 6.10 Å². The van der Waals surface area contributed by atoms with Crippen LogP contribution in [0.25, 0.3) is 0 Å². The second kappa shape index (κ2) is 6.40. The van der Waals surface area contributed by atoms with Crippen LogP contribution in [-0.4, -0.2) is 24.8 Å². The third-order valence-corrected chi connectivity index (χ3v) is 5.18. The number of hydrogen-bond donors (Lipinski definition) is 1. The largest absolute Gasteiger partial charge is 0.378 e. The quantitative estimate of drug-likeness (QED) is 0.603. The van der Waals surface area contributed by atoms with Gasteiger partial charge in [-0.25, -0.2) is 0 Å². The Bertz CT molecular complexity index is 228. The normalized spacial score (nSPS) is 37.4. The fraction of sp³-hybridized carbons (Fsp3) is 1.00. The van der Waals surface area contributed by atoms with Crippen molar-refractivity contribution in [2.45, 2.75) is 68.9 Å². The fourth-order valence-corrected chi connectivity index (χ4v) is 3.98. The van der Waals surface area contributed by atoms with Gasteiger partial charge < -0.3 is 4.74 Å². The van der Waals surface area contributed by atoms with Crippen LogP contribution in [0.4, 0.5) is 0 Å². The Kier molecular flexibility index (Phi) is 5.13. The van der Waals surface area contributed by atoms with E-state index in [0.29, 0.717) is 5.92 Å².